The smallest absolute Gasteiger partial charge is 0.270 e. The van der Waals surface area contributed by atoms with E-state index in [0.29, 0.717) is 28.9 Å². The lowest BCUT2D eigenvalue weighted by molar-refractivity contribution is -0.384. The van der Waals surface area contributed by atoms with Gasteiger partial charge in [-0.3, -0.25) is 19.7 Å². The summed E-state index contributed by atoms with van der Waals surface area (Å²) in [5.41, 5.74) is 2.19. The normalized spacial score (nSPS) is 14.0. The van der Waals surface area contributed by atoms with E-state index < -0.39 is 38.1 Å². The molecule has 3 aromatic rings. The van der Waals surface area contributed by atoms with Crippen molar-refractivity contribution in [3.8, 4) is 0 Å². The Labute approximate surface area is 186 Å². The number of sulfone groups is 1. The van der Waals surface area contributed by atoms with Crippen LogP contribution in [0.5, 0.6) is 0 Å². The van der Waals surface area contributed by atoms with Crippen LogP contribution in [0.2, 0.25) is 0 Å². The van der Waals surface area contributed by atoms with Crippen molar-refractivity contribution in [2.24, 2.45) is 12.0 Å². The van der Waals surface area contributed by atoms with Crippen LogP contribution in [-0.4, -0.2) is 47.8 Å². The summed E-state index contributed by atoms with van der Waals surface area (Å²) in [6.45, 7) is 0.399. The van der Waals surface area contributed by atoms with Crippen LogP contribution in [0, 0.1) is 10.1 Å². The number of anilines is 1. The number of fused-ring (bicyclic) bond motifs is 2. The fourth-order valence-electron chi connectivity index (χ4n) is 3.58. The van der Waals surface area contributed by atoms with E-state index in [2.05, 4.69) is 4.99 Å². The van der Waals surface area contributed by atoms with Crippen molar-refractivity contribution in [2.75, 3.05) is 23.0 Å². The monoisotopic (exact) mass is 474 g/mol. The van der Waals surface area contributed by atoms with E-state index in [1.165, 1.54) is 23.1 Å². The van der Waals surface area contributed by atoms with Gasteiger partial charge in [-0.25, -0.2) is 8.42 Å². The molecule has 2 aromatic carbocycles. The molecular formula is C20H18N4O6S2. The third kappa shape index (κ3) is 4.32. The van der Waals surface area contributed by atoms with Crippen LogP contribution in [0.15, 0.2) is 47.5 Å². The molecule has 10 nitrogen and oxygen atoms in total. The number of carbonyl (C=O) groups is 2. The first-order chi connectivity index (χ1) is 15.1. The molecule has 1 aromatic heterocycles. The Morgan fingerprint density at radius 3 is 2.69 bits per heavy atom. The molecule has 4 rings (SSSR count). The molecule has 2 amide bonds. The Morgan fingerprint density at radius 2 is 1.94 bits per heavy atom. The number of aromatic nitrogens is 1. The molecule has 1 aliphatic heterocycles. The second kappa shape index (κ2) is 8.28. The van der Waals surface area contributed by atoms with Crippen molar-refractivity contribution in [1.29, 1.82) is 0 Å². The number of hydrogen-bond donors (Lipinski definition) is 0. The minimum atomic E-state index is -4.03. The van der Waals surface area contributed by atoms with Crippen molar-refractivity contribution in [3.63, 3.8) is 0 Å². The second-order valence-electron chi connectivity index (χ2n) is 7.31. The molecule has 0 saturated heterocycles. The molecule has 12 heteroatoms. The van der Waals surface area contributed by atoms with E-state index in [9.17, 15) is 28.1 Å². The lowest BCUT2D eigenvalue weighted by atomic mass is 10.2. The van der Waals surface area contributed by atoms with E-state index in [0.717, 1.165) is 16.9 Å². The fraction of sp³-hybridized carbons (Fsp3) is 0.250. The summed E-state index contributed by atoms with van der Waals surface area (Å²) >= 11 is 1.04. The highest BCUT2D eigenvalue weighted by Gasteiger charge is 2.29. The minimum Gasteiger partial charge on any atom is -0.319 e. The van der Waals surface area contributed by atoms with Gasteiger partial charge in [-0.15, -0.1) is 0 Å². The molecule has 0 bridgehead atoms. The van der Waals surface area contributed by atoms with Crippen molar-refractivity contribution in [1.82, 2.24) is 4.57 Å². The molecule has 0 aliphatic carbocycles. The minimum absolute atomic E-state index is 0.0956. The first kappa shape index (κ1) is 21.8. The highest BCUT2D eigenvalue weighted by atomic mass is 32.2. The number of non-ortho nitro benzene ring substituents is 1. The van der Waals surface area contributed by atoms with Crippen LogP contribution < -0.4 is 9.70 Å². The number of aryl methyl sites for hydroxylation is 1. The van der Waals surface area contributed by atoms with Crippen LogP contribution in [0.1, 0.15) is 5.56 Å². The highest BCUT2D eigenvalue weighted by Crippen LogP contribution is 2.27. The van der Waals surface area contributed by atoms with Crippen molar-refractivity contribution in [3.05, 3.63) is 62.9 Å². The van der Waals surface area contributed by atoms with Gasteiger partial charge in [0.2, 0.25) is 5.91 Å². The summed E-state index contributed by atoms with van der Waals surface area (Å²) in [7, 11) is -2.40. The third-order valence-electron chi connectivity index (χ3n) is 5.10. The van der Waals surface area contributed by atoms with Gasteiger partial charge in [-0.2, -0.15) is 4.99 Å². The lowest BCUT2D eigenvalue weighted by Gasteiger charge is -2.17. The number of para-hydroxylation sites is 1. The van der Waals surface area contributed by atoms with Gasteiger partial charge in [0.25, 0.3) is 11.6 Å². The second-order valence-corrected chi connectivity index (χ2v) is 10.4. The average Bonchev–Trinajstić information content (AvgIpc) is 3.28. The summed E-state index contributed by atoms with van der Waals surface area (Å²) in [6, 6.07) is 11.5. The van der Waals surface area contributed by atoms with E-state index in [4.69, 9.17) is 0 Å². The van der Waals surface area contributed by atoms with Crippen molar-refractivity contribution >= 4 is 54.6 Å². The Kier molecular flexibility index (Phi) is 5.65. The van der Waals surface area contributed by atoms with Crippen LogP contribution in [-0.2, 0) is 32.9 Å². The summed E-state index contributed by atoms with van der Waals surface area (Å²) < 4.78 is 27.1. The Bertz CT molecular complexity index is 1440. The van der Waals surface area contributed by atoms with Gasteiger partial charge in [0.1, 0.15) is 11.5 Å². The topological polar surface area (TPSA) is 132 Å². The zero-order valence-corrected chi connectivity index (χ0v) is 18.6. The summed E-state index contributed by atoms with van der Waals surface area (Å²) in [4.78, 5) is 40.8. The quantitative estimate of drug-likeness (QED) is 0.407. The molecule has 0 unspecified atom stereocenters. The molecule has 1 aliphatic rings. The van der Waals surface area contributed by atoms with E-state index in [1.54, 1.807) is 23.7 Å². The van der Waals surface area contributed by atoms with Gasteiger partial charge in [0.15, 0.2) is 14.6 Å². The summed E-state index contributed by atoms with van der Waals surface area (Å²) in [6.07, 6.45) is 0.650. The first-order valence-corrected chi connectivity index (χ1v) is 12.2. The van der Waals surface area contributed by atoms with Gasteiger partial charge in [0.05, 0.1) is 15.1 Å². The number of nitro groups is 1. The molecule has 32 heavy (non-hydrogen) atoms. The zero-order chi connectivity index (χ0) is 23.0. The number of hydrogen-bond acceptors (Lipinski definition) is 7. The van der Waals surface area contributed by atoms with Crippen molar-refractivity contribution < 1.29 is 22.9 Å². The molecule has 0 N–H and O–H groups in total. The van der Waals surface area contributed by atoms with Crippen LogP contribution in [0.3, 0.4) is 0 Å². The van der Waals surface area contributed by atoms with E-state index in [-0.39, 0.29) is 10.5 Å². The Hall–Kier alpha value is -3.38. The predicted octanol–water partition coefficient (Wildman–Crippen LogP) is 1.58. The van der Waals surface area contributed by atoms with Gasteiger partial charge < -0.3 is 9.47 Å². The lowest BCUT2D eigenvalue weighted by Crippen LogP contribution is -2.36. The van der Waals surface area contributed by atoms with Crippen LogP contribution in [0.25, 0.3) is 10.2 Å². The summed E-state index contributed by atoms with van der Waals surface area (Å²) in [5, 5.41) is 11.0. The van der Waals surface area contributed by atoms with Crippen LogP contribution in [0.4, 0.5) is 11.4 Å². The number of rotatable bonds is 5. The number of nitrogens with zero attached hydrogens (tertiary/aromatic N) is 4. The van der Waals surface area contributed by atoms with Crippen LogP contribution >= 0.6 is 11.3 Å². The molecular weight excluding hydrogens is 456 g/mol. The Morgan fingerprint density at radius 1 is 1.19 bits per heavy atom. The largest absolute Gasteiger partial charge is 0.319 e. The van der Waals surface area contributed by atoms with Gasteiger partial charge >= 0.3 is 0 Å². The van der Waals surface area contributed by atoms with Gasteiger partial charge in [-0.1, -0.05) is 29.5 Å². The third-order valence-corrected chi connectivity index (χ3v) is 7.57. The Balaban J connectivity index is 1.51. The van der Waals surface area contributed by atoms with Gasteiger partial charge in [0, 0.05) is 31.4 Å². The first-order valence-electron chi connectivity index (χ1n) is 9.55. The number of nitro benzene ring substituents is 1. The molecule has 166 valence electrons. The summed E-state index contributed by atoms with van der Waals surface area (Å²) in [5.74, 6) is -3.17. The standard InChI is InChI=1S/C20H18N4O6S2/c1-22-16-7-6-14(24(27)28)10-17(16)31-20(22)21-18(25)11-32(29,30)12-19(26)23-9-8-13-4-2-3-5-15(13)23/h2-7,10H,8-9,11-12H2,1H3. The van der Waals surface area contributed by atoms with E-state index >= 15 is 0 Å². The average molecular weight is 475 g/mol. The number of benzene rings is 2. The molecule has 2 heterocycles. The maximum Gasteiger partial charge on any atom is 0.270 e. The maximum absolute atomic E-state index is 12.6. The maximum atomic E-state index is 12.6. The number of thiazole rings is 1. The zero-order valence-electron chi connectivity index (χ0n) is 16.9. The molecule has 0 spiro atoms. The van der Waals surface area contributed by atoms with E-state index in [1.807, 2.05) is 12.1 Å². The van der Waals surface area contributed by atoms with Crippen molar-refractivity contribution in [2.45, 2.75) is 6.42 Å². The molecule has 0 radical (unpaired) electrons. The highest BCUT2D eigenvalue weighted by molar-refractivity contribution is 7.92. The molecule has 0 atom stereocenters. The van der Waals surface area contributed by atoms with Gasteiger partial charge in [-0.05, 0) is 24.1 Å². The number of amides is 2. The molecule has 0 fully saturated rings. The molecule has 0 saturated carbocycles. The number of carbonyl (C=O) groups excluding carboxylic acids is 2. The fourth-order valence-corrected chi connectivity index (χ4v) is 5.73. The predicted molar refractivity (Wildman–Crippen MR) is 119 cm³/mol. The SMILES string of the molecule is Cn1c(=NC(=O)CS(=O)(=O)CC(=O)N2CCc3ccccc32)sc2cc([N+](=O)[O-])ccc21.